The summed E-state index contributed by atoms with van der Waals surface area (Å²) in [5.41, 5.74) is 10.5. The number of ether oxygens (including phenoxy) is 2. The van der Waals surface area contributed by atoms with E-state index in [0.29, 0.717) is 18.8 Å². The fraction of sp³-hybridized carbons (Fsp3) is 0.500. The van der Waals surface area contributed by atoms with Crippen LogP contribution in [0.4, 0.5) is 0 Å². The highest BCUT2D eigenvalue weighted by Crippen LogP contribution is 2.32. The van der Waals surface area contributed by atoms with E-state index in [1.807, 2.05) is 25.1 Å². The molecule has 0 bridgehead atoms. The molecule has 1 atom stereocenters. The summed E-state index contributed by atoms with van der Waals surface area (Å²) in [6.45, 7) is 4.05. The number of hydrogen-bond donors (Lipinski definition) is 0. The quantitative estimate of drug-likeness (QED) is 0.329. The SMILES string of the molecule is CCOC(=O)CCC(N=[N+]=[N-])c1cc(C)ccc1OC. The third kappa shape index (κ3) is 4.48. The molecule has 0 aliphatic heterocycles. The van der Waals surface area contributed by atoms with Crippen molar-refractivity contribution in [2.24, 2.45) is 5.11 Å². The van der Waals surface area contributed by atoms with E-state index in [2.05, 4.69) is 10.0 Å². The molecule has 0 aromatic heterocycles. The minimum atomic E-state index is -0.445. The summed E-state index contributed by atoms with van der Waals surface area (Å²) in [5.74, 6) is 0.356. The predicted octanol–water partition coefficient (Wildman–Crippen LogP) is 3.70. The van der Waals surface area contributed by atoms with Crippen molar-refractivity contribution >= 4 is 5.97 Å². The number of esters is 1. The van der Waals surface area contributed by atoms with Crippen LogP contribution in [0.5, 0.6) is 5.75 Å². The Hall–Kier alpha value is -2.20. The van der Waals surface area contributed by atoms with Crippen molar-refractivity contribution in [3.05, 3.63) is 39.8 Å². The van der Waals surface area contributed by atoms with Gasteiger partial charge in [0.1, 0.15) is 5.75 Å². The van der Waals surface area contributed by atoms with Gasteiger partial charge in [-0.3, -0.25) is 4.79 Å². The monoisotopic (exact) mass is 277 g/mol. The van der Waals surface area contributed by atoms with Crippen LogP contribution in [0.25, 0.3) is 10.4 Å². The second kappa shape index (κ2) is 8.07. The first-order valence-corrected chi connectivity index (χ1v) is 6.46. The summed E-state index contributed by atoms with van der Waals surface area (Å²) in [4.78, 5) is 14.3. The average molecular weight is 277 g/mol. The van der Waals surface area contributed by atoms with E-state index in [1.54, 1.807) is 14.0 Å². The van der Waals surface area contributed by atoms with Crippen LogP contribution in [-0.2, 0) is 9.53 Å². The first-order chi connectivity index (χ1) is 9.62. The van der Waals surface area contributed by atoms with Gasteiger partial charge in [-0.05, 0) is 31.9 Å². The van der Waals surface area contributed by atoms with Crippen LogP contribution in [0.2, 0.25) is 0 Å². The Labute approximate surface area is 118 Å². The molecule has 0 spiro atoms. The lowest BCUT2D eigenvalue weighted by Gasteiger charge is -2.15. The fourth-order valence-corrected chi connectivity index (χ4v) is 1.94. The topological polar surface area (TPSA) is 84.3 Å². The number of carbonyl (C=O) groups excluding carboxylic acids is 1. The molecule has 0 heterocycles. The smallest absolute Gasteiger partial charge is 0.305 e. The molecular formula is C14H19N3O3. The Morgan fingerprint density at radius 1 is 1.50 bits per heavy atom. The van der Waals surface area contributed by atoms with Crippen LogP contribution in [0.1, 0.15) is 36.9 Å². The molecule has 0 aliphatic carbocycles. The van der Waals surface area contributed by atoms with E-state index in [4.69, 9.17) is 15.0 Å². The minimum absolute atomic E-state index is 0.203. The molecule has 0 saturated heterocycles. The minimum Gasteiger partial charge on any atom is -0.496 e. The van der Waals surface area contributed by atoms with Crippen molar-refractivity contribution in [3.63, 3.8) is 0 Å². The third-order valence-electron chi connectivity index (χ3n) is 2.86. The number of methoxy groups -OCH3 is 1. The Balaban J connectivity index is 2.93. The first-order valence-electron chi connectivity index (χ1n) is 6.46. The average Bonchev–Trinajstić information content (AvgIpc) is 2.43. The number of carbonyl (C=O) groups is 1. The lowest BCUT2D eigenvalue weighted by molar-refractivity contribution is -0.143. The fourth-order valence-electron chi connectivity index (χ4n) is 1.94. The highest BCUT2D eigenvalue weighted by Gasteiger charge is 2.17. The van der Waals surface area contributed by atoms with Gasteiger partial charge in [0.2, 0.25) is 0 Å². The van der Waals surface area contributed by atoms with Crippen molar-refractivity contribution in [1.82, 2.24) is 0 Å². The van der Waals surface area contributed by atoms with Crippen LogP contribution >= 0.6 is 0 Å². The molecule has 0 radical (unpaired) electrons. The molecule has 108 valence electrons. The van der Waals surface area contributed by atoms with Gasteiger partial charge >= 0.3 is 5.97 Å². The van der Waals surface area contributed by atoms with Crippen molar-refractivity contribution in [3.8, 4) is 5.75 Å². The summed E-state index contributed by atoms with van der Waals surface area (Å²) in [6, 6.07) is 5.21. The molecule has 0 fully saturated rings. The Morgan fingerprint density at radius 3 is 2.85 bits per heavy atom. The largest absolute Gasteiger partial charge is 0.496 e. The van der Waals surface area contributed by atoms with Crippen LogP contribution < -0.4 is 4.74 Å². The van der Waals surface area contributed by atoms with Gasteiger partial charge < -0.3 is 9.47 Å². The number of benzene rings is 1. The molecule has 1 rings (SSSR count). The van der Waals surface area contributed by atoms with Gasteiger partial charge in [-0.25, -0.2) is 0 Å². The van der Waals surface area contributed by atoms with Crippen molar-refractivity contribution in [2.75, 3.05) is 13.7 Å². The zero-order chi connectivity index (χ0) is 15.0. The Morgan fingerprint density at radius 2 is 2.25 bits per heavy atom. The summed E-state index contributed by atoms with van der Waals surface area (Å²) in [6.07, 6.45) is 0.595. The van der Waals surface area contributed by atoms with Crippen LogP contribution in [0.15, 0.2) is 23.3 Å². The zero-order valence-corrected chi connectivity index (χ0v) is 12.0. The molecule has 0 aliphatic rings. The second-order valence-corrected chi connectivity index (χ2v) is 4.31. The van der Waals surface area contributed by atoms with E-state index in [1.165, 1.54) is 0 Å². The van der Waals surface area contributed by atoms with Crippen molar-refractivity contribution in [1.29, 1.82) is 0 Å². The number of aryl methyl sites for hydroxylation is 1. The van der Waals surface area contributed by atoms with Gasteiger partial charge in [-0.1, -0.05) is 22.8 Å². The van der Waals surface area contributed by atoms with E-state index in [-0.39, 0.29) is 12.4 Å². The number of hydrogen-bond acceptors (Lipinski definition) is 4. The van der Waals surface area contributed by atoms with Gasteiger partial charge in [-0.15, -0.1) is 0 Å². The molecule has 1 aromatic rings. The van der Waals surface area contributed by atoms with Crippen LogP contribution in [0.3, 0.4) is 0 Å². The molecule has 0 saturated carbocycles. The summed E-state index contributed by atoms with van der Waals surface area (Å²) in [7, 11) is 1.56. The Kier molecular flexibility index (Phi) is 6.40. The highest BCUT2D eigenvalue weighted by atomic mass is 16.5. The summed E-state index contributed by atoms with van der Waals surface area (Å²) in [5, 5.41) is 3.77. The Bertz CT molecular complexity index is 510. The number of azide groups is 1. The van der Waals surface area contributed by atoms with Gasteiger partial charge in [0.25, 0.3) is 0 Å². The predicted molar refractivity (Wildman–Crippen MR) is 75.5 cm³/mol. The second-order valence-electron chi connectivity index (χ2n) is 4.31. The lowest BCUT2D eigenvalue weighted by atomic mass is 10.00. The standard InChI is InChI=1S/C14H19N3O3/c1-4-20-14(18)8-6-12(16-17-15)11-9-10(2)5-7-13(11)19-3/h5,7,9,12H,4,6,8H2,1-3H3. The molecule has 0 amide bonds. The van der Waals surface area contributed by atoms with Gasteiger partial charge in [0, 0.05) is 16.9 Å². The van der Waals surface area contributed by atoms with Crippen LogP contribution in [0, 0.1) is 6.92 Å². The van der Waals surface area contributed by atoms with Gasteiger partial charge in [-0.2, -0.15) is 0 Å². The lowest BCUT2D eigenvalue weighted by Crippen LogP contribution is -2.07. The van der Waals surface area contributed by atoms with E-state index < -0.39 is 6.04 Å². The van der Waals surface area contributed by atoms with E-state index >= 15 is 0 Å². The molecule has 1 unspecified atom stereocenters. The van der Waals surface area contributed by atoms with E-state index in [9.17, 15) is 4.79 Å². The number of rotatable bonds is 7. The molecular weight excluding hydrogens is 258 g/mol. The van der Waals surface area contributed by atoms with Gasteiger partial charge in [0.15, 0.2) is 0 Å². The van der Waals surface area contributed by atoms with Crippen molar-refractivity contribution in [2.45, 2.75) is 32.7 Å². The maximum Gasteiger partial charge on any atom is 0.305 e. The summed E-state index contributed by atoms with van der Waals surface area (Å²) >= 11 is 0. The third-order valence-corrected chi connectivity index (χ3v) is 2.86. The maximum atomic E-state index is 11.4. The molecule has 6 heteroatoms. The van der Waals surface area contributed by atoms with Crippen molar-refractivity contribution < 1.29 is 14.3 Å². The molecule has 20 heavy (non-hydrogen) atoms. The van der Waals surface area contributed by atoms with Gasteiger partial charge in [0.05, 0.1) is 19.8 Å². The number of nitrogens with zero attached hydrogens (tertiary/aromatic N) is 3. The molecule has 0 N–H and O–H groups in total. The maximum absolute atomic E-state index is 11.4. The molecule has 1 aromatic carbocycles. The summed E-state index contributed by atoms with van der Waals surface area (Å²) < 4.78 is 10.2. The first kappa shape index (κ1) is 15.9. The zero-order valence-electron chi connectivity index (χ0n) is 12.0. The van der Waals surface area contributed by atoms with Crippen LogP contribution in [-0.4, -0.2) is 19.7 Å². The normalized spacial score (nSPS) is 11.3. The molecule has 6 nitrogen and oxygen atoms in total. The highest BCUT2D eigenvalue weighted by molar-refractivity contribution is 5.69. The van der Waals surface area contributed by atoms with E-state index in [0.717, 1.165) is 11.1 Å².